The largest absolute Gasteiger partial charge is 0.481 e. The smallest absolute Gasteiger partial charge is 0.352 e. The quantitative estimate of drug-likeness (QED) is 0.394. The fourth-order valence-electron chi connectivity index (χ4n) is 2.51. The molecule has 0 aliphatic heterocycles. The summed E-state index contributed by atoms with van der Waals surface area (Å²) in [4.78, 5) is 26.4. The maximum Gasteiger partial charge on any atom is 0.352 e. The zero-order valence-electron chi connectivity index (χ0n) is 15.2. The number of benzene rings is 2. The van der Waals surface area contributed by atoms with Gasteiger partial charge in [0.05, 0.1) is 6.42 Å². The fourth-order valence-corrected chi connectivity index (χ4v) is 2.51. The number of anilines is 1. The molecule has 0 saturated heterocycles. The van der Waals surface area contributed by atoms with Crippen LogP contribution in [-0.2, 0) is 9.59 Å². The molecule has 146 valence electrons. The van der Waals surface area contributed by atoms with E-state index in [4.69, 9.17) is 10.2 Å². The van der Waals surface area contributed by atoms with Crippen LogP contribution in [-0.4, -0.2) is 43.0 Å². The molecule has 1 aromatic heterocycles. The Bertz CT molecular complexity index is 1040. The van der Waals surface area contributed by atoms with Crippen molar-refractivity contribution in [3.8, 4) is 22.5 Å². The SMILES string of the molecule is O=C(O)CCC(=NNc1nnc(-c2ccccc2)c(-c2ccccc2)n1)C(=O)O. The molecule has 0 aliphatic rings. The number of nitrogens with zero attached hydrogens (tertiary/aromatic N) is 4. The maximum absolute atomic E-state index is 11.2. The van der Waals surface area contributed by atoms with E-state index >= 15 is 0 Å². The molecule has 0 fully saturated rings. The number of carboxylic acids is 2. The molecule has 3 N–H and O–H groups in total. The molecule has 1 heterocycles. The molecule has 0 spiro atoms. The third-order valence-corrected chi connectivity index (χ3v) is 3.89. The summed E-state index contributed by atoms with van der Waals surface area (Å²) in [5.41, 5.74) is 4.87. The van der Waals surface area contributed by atoms with Crippen molar-refractivity contribution in [3.05, 3.63) is 60.7 Å². The summed E-state index contributed by atoms with van der Waals surface area (Å²) in [6, 6.07) is 18.8. The van der Waals surface area contributed by atoms with Gasteiger partial charge in [0.1, 0.15) is 17.1 Å². The van der Waals surface area contributed by atoms with Gasteiger partial charge in [-0.3, -0.25) is 4.79 Å². The van der Waals surface area contributed by atoms with Crippen molar-refractivity contribution >= 4 is 23.6 Å². The number of hydrazone groups is 1. The number of aromatic nitrogens is 3. The van der Waals surface area contributed by atoms with E-state index < -0.39 is 11.9 Å². The number of carboxylic acid groups (broad SMARTS) is 2. The minimum atomic E-state index is -1.32. The number of nitrogens with one attached hydrogen (secondary N) is 1. The molecule has 0 atom stereocenters. The molecule has 3 rings (SSSR count). The second-order valence-corrected chi connectivity index (χ2v) is 5.93. The average molecular weight is 391 g/mol. The van der Waals surface area contributed by atoms with Crippen LogP contribution in [0.2, 0.25) is 0 Å². The summed E-state index contributed by atoms with van der Waals surface area (Å²) in [5, 5.41) is 29.9. The number of hydrogen-bond donors (Lipinski definition) is 3. The molecule has 0 aliphatic carbocycles. The summed E-state index contributed by atoms with van der Waals surface area (Å²) in [5.74, 6) is -2.44. The van der Waals surface area contributed by atoms with E-state index in [-0.39, 0.29) is 24.5 Å². The summed E-state index contributed by atoms with van der Waals surface area (Å²) in [6.07, 6.45) is -0.590. The van der Waals surface area contributed by atoms with Crippen LogP contribution in [0.4, 0.5) is 5.95 Å². The molecular weight excluding hydrogens is 374 g/mol. The Morgan fingerprint density at radius 3 is 1.97 bits per heavy atom. The predicted molar refractivity (Wildman–Crippen MR) is 106 cm³/mol. The van der Waals surface area contributed by atoms with Crippen LogP contribution in [0.25, 0.3) is 22.5 Å². The lowest BCUT2D eigenvalue weighted by molar-refractivity contribution is -0.136. The maximum atomic E-state index is 11.2. The first-order valence-electron chi connectivity index (χ1n) is 8.68. The molecule has 9 nitrogen and oxygen atoms in total. The van der Waals surface area contributed by atoms with Crippen molar-refractivity contribution in [1.82, 2.24) is 15.2 Å². The number of carbonyl (C=O) groups is 2. The monoisotopic (exact) mass is 391 g/mol. The van der Waals surface area contributed by atoms with Crippen molar-refractivity contribution in [2.75, 3.05) is 5.43 Å². The lowest BCUT2D eigenvalue weighted by Gasteiger charge is -2.09. The van der Waals surface area contributed by atoms with Crippen molar-refractivity contribution in [2.24, 2.45) is 5.10 Å². The Labute approximate surface area is 165 Å². The summed E-state index contributed by atoms with van der Waals surface area (Å²) in [7, 11) is 0. The highest BCUT2D eigenvalue weighted by Gasteiger charge is 2.15. The molecule has 29 heavy (non-hydrogen) atoms. The molecule has 9 heteroatoms. The normalized spacial score (nSPS) is 11.1. The van der Waals surface area contributed by atoms with Gasteiger partial charge in [0.25, 0.3) is 5.95 Å². The zero-order valence-corrected chi connectivity index (χ0v) is 15.2. The third-order valence-electron chi connectivity index (χ3n) is 3.89. The van der Waals surface area contributed by atoms with E-state index in [1.54, 1.807) is 0 Å². The van der Waals surface area contributed by atoms with Gasteiger partial charge in [-0.15, -0.1) is 10.2 Å². The van der Waals surface area contributed by atoms with Gasteiger partial charge in [0.2, 0.25) is 0 Å². The van der Waals surface area contributed by atoms with Crippen LogP contribution in [0, 0.1) is 0 Å². The topological polar surface area (TPSA) is 138 Å². The second kappa shape index (κ2) is 9.18. The van der Waals surface area contributed by atoms with Crippen LogP contribution in [0.1, 0.15) is 12.8 Å². The summed E-state index contributed by atoms with van der Waals surface area (Å²) < 4.78 is 0. The molecule has 0 amide bonds. The molecule has 0 radical (unpaired) electrons. The Kier molecular flexibility index (Phi) is 6.21. The van der Waals surface area contributed by atoms with Gasteiger partial charge < -0.3 is 10.2 Å². The molecule has 3 aromatic rings. The summed E-state index contributed by atoms with van der Waals surface area (Å²) in [6.45, 7) is 0. The van der Waals surface area contributed by atoms with Crippen LogP contribution < -0.4 is 5.43 Å². The van der Waals surface area contributed by atoms with Crippen LogP contribution in [0.3, 0.4) is 0 Å². The zero-order chi connectivity index (χ0) is 20.6. The Morgan fingerprint density at radius 1 is 0.828 bits per heavy atom. The second-order valence-electron chi connectivity index (χ2n) is 5.93. The third kappa shape index (κ3) is 5.19. The molecule has 0 unspecified atom stereocenters. The highest BCUT2D eigenvalue weighted by molar-refractivity contribution is 6.35. The van der Waals surface area contributed by atoms with Crippen molar-refractivity contribution < 1.29 is 19.8 Å². The van der Waals surface area contributed by atoms with E-state index in [0.29, 0.717) is 11.4 Å². The minimum Gasteiger partial charge on any atom is -0.481 e. The Balaban J connectivity index is 1.96. The lowest BCUT2D eigenvalue weighted by Crippen LogP contribution is -2.17. The van der Waals surface area contributed by atoms with Crippen molar-refractivity contribution in [2.45, 2.75) is 12.8 Å². The lowest BCUT2D eigenvalue weighted by atomic mass is 10.0. The van der Waals surface area contributed by atoms with E-state index in [1.165, 1.54) is 0 Å². The fraction of sp³-hybridized carbons (Fsp3) is 0.100. The van der Waals surface area contributed by atoms with Crippen LogP contribution in [0.5, 0.6) is 0 Å². The molecule has 0 bridgehead atoms. The average Bonchev–Trinajstić information content (AvgIpc) is 2.74. The van der Waals surface area contributed by atoms with Crippen molar-refractivity contribution in [1.29, 1.82) is 0 Å². The predicted octanol–water partition coefficient (Wildman–Crippen LogP) is 2.92. The van der Waals surface area contributed by atoms with Gasteiger partial charge in [-0.05, 0) is 0 Å². The van der Waals surface area contributed by atoms with E-state index in [0.717, 1.165) is 11.1 Å². The summed E-state index contributed by atoms with van der Waals surface area (Å²) >= 11 is 0. The van der Waals surface area contributed by atoms with Gasteiger partial charge in [0.15, 0.2) is 0 Å². The Morgan fingerprint density at radius 2 is 1.41 bits per heavy atom. The standard InChI is InChI=1S/C20H17N5O4/c26-16(27)12-11-15(19(28)29)22-24-20-21-17(13-7-3-1-4-8-13)18(23-25-20)14-9-5-2-6-10-14/h1-10H,11-12H2,(H,26,27)(H,28,29)(H,21,24,25). The van der Waals surface area contributed by atoms with E-state index in [2.05, 4.69) is 25.7 Å². The van der Waals surface area contributed by atoms with Crippen LogP contribution >= 0.6 is 0 Å². The first kappa shape index (κ1) is 19.6. The van der Waals surface area contributed by atoms with E-state index in [1.807, 2.05) is 60.7 Å². The molecule has 0 saturated carbocycles. The Hall–Kier alpha value is -4.14. The van der Waals surface area contributed by atoms with Gasteiger partial charge in [0, 0.05) is 17.5 Å². The van der Waals surface area contributed by atoms with Gasteiger partial charge >= 0.3 is 11.9 Å². The minimum absolute atomic E-state index is 0.00221. The number of rotatable bonds is 8. The number of aliphatic carboxylic acids is 2. The highest BCUT2D eigenvalue weighted by Crippen LogP contribution is 2.28. The highest BCUT2D eigenvalue weighted by atomic mass is 16.4. The van der Waals surface area contributed by atoms with Crippen molar-refractivity contribution in [3.63, 3.8) is 0 Å². The first-order valence-corrected chi connectivity index (χ1v) is 8.68. The van der Waals surface area contributed by atoms with Gasteiger partial charge in [-0.2, -0.15) is 5.10 Å². The van der Waals surface area contributed by atoms with Gasteiger partial charge in [-0.25, -0.2) is 15.2 Å². The van der Waals surface area contributed by atoms with E-state index in [9.17, 15) is 9.59 Å². The van der Waals surface area contributed by atoms with Crippen LogP contribution in [0.15, 0.2) is 65.8 Å². The molecule has 2 aromatic carbocycles. The first-order chi connectivity index (χ1) is 14.0. The number of hydrogen-bond acceptors (Lipinski definition) is 7. The van der Waals surface area contributed by atoms with Gasteiger partial charge in [-0.1, -0.05) is 60.7 Å². The molecular formula is C20H17N5O4.